The quantitative estimate of drug-likeness (QED) is 0.774. The molecule has 2 aliphatic carbocycles. The van der Waals surface area contributed by atoms with Gasteiger partial charge >= 0.3 is 6.03 Å². The molecule has 27 heavy (non-hydrogen) atoms. The Hall–Kier alpha value is -1.96. The van der Waals surface area contributed by atoms with E-state index in [9.17, 15) is 14.4 Å². The van der Waals surface area contributed by atoms with Crippen LogP contribution in [0.25, 0.3) is 0 Å². The van der Waals surface area contributed by atoms with Crippen LogP contribution in [0.2, 0.25) is 0 Å². The molecule has 7 nitrogen and oxygen atoms in total. The predicted octanol–water partition coefficient (Wildman–Crippen LogP) is 2.85. The van der Waals surface area contributed by atoms with Gasteiger partial charge in [0.25, 0.3) is 5.91 Å². The van der Waals surface area contributed by atoms with Crippen molar-refractivity contribution in [3.05, 3.63) is 10.6 Å². The van der Waals surface area contributed by atoms with Gasteiger partial charge in [-0.15, -0.1) is 11.3 Å². The molecule has 1 aromatic rings. The Bertz CT molecular complexity index is 744. The highest BCUT2D eigenvalue weighted by atomic mass is 32.1. The molecule has 0 aromatic carbocycles. The SMILES string of the molecule is CCC1CCC2(CC1)NC(=O)N(CC(=O)Nc1nc3c(s1)CCCC3)C2=O. The predicted molar refractivity (Wildman–Crippen MR) is 103 cm³/mol. The van der Waals surface area contributed by atoms with E-state index in [1.807, 2.05) is 0 Å². The summed E-state index contributed by atoms with van der Waals surface area (Å²) in [6, 6.07) is -0.455. The number of imide groups is 1. The first kappa shape index (κ1) is 18.4. The highest BCUT2D eigenvalue weighted by Gasteiger charge is 2.52. The number of nitrogens with one attached hydrogen (secondary N) is 2. The molecule has 2 N–H and O–H groups in total. The second-order valence-corrected chi connectivity index (χ2v) is 8.98. The zero-order valence-corrected chi connectivity index (χ0v) is 16.5. The fraction of sp³-hybridized carbons (Fsp3) is 0.684. The molecule has 0 unspecified atom stereocenters. The molecule has 1 spiro atoms. The van der Waals surface area contributed by atoms with E-state index in [-0.39, 0.29) is 18.4 Å². The lowest BCUT2D eigenvalue weighted by Gasteiger charge is -2.34. The molecule has 3 aliphatic rings. The summed E-state index contributed by atoms with van der Waals surface area (Å²) in [4.78, 5) is 44.5. The number of thiazole rings is 1. The Kier molecular flexibility index (Phi) is 4.92. The number of fused-ring (bicyclic) bond motifs is 1. The van der Waals surface area contributed by atoms with Crippen molar-refractivity contribution >= 4 is 34.3 Å². The van der Waals surface area contributed by atoms with Gasteiger partial charge in [0.05, 0.1) is 5.69 Å². The van der Waals surface area contributed by atoms with Crippen molar-refractivity contribution in [3.8, 4) is 0 Å². The number of aromatic nitrogens is 1. The smallest absolute Gasteiger partial charge is 0.323 e. The van der Waals surface area contributed by atoms with Crippen molar-refractivity contribution in [1.29, 1.82) is 0 Å². The number of carbonyl (C=O) groups is 3. The largest absolute Gasteiger partial charge is 0.325 e. The summed E-state index contributed by atoms with van der Waals surface area (Å²) in [6.07, 6.45) is 8.55. The highest BCUT2D eigenvalue weighted by molar-refractivity contribution is 7.15. The van der Waals surface area contributed by atoms with Gasteiger partial charge in [0, 0.05) is 4.88 Å². The van der Waals surface area contributed by atoms with E-state index in [0.29, 0.717) is 23.9 Å². The minimum atomic E-state index is -0.802. The minimum absolute atomic E-state index is 0.254. The standard InChI is InChI=1S/C19H26N4O3S/c1-2-12-7-9-19(10-8-12)16(25)23(18(26)22-19)11-15(24)21-17-20-13-5-3-4-6-14(13)27-17/h12H,2-11H2,1H3,(H,22,26)(H,20,21,24). The number of nitrogens with zero attached hydrogens (tertiary/aromatic N) is 2. The van der Waals surface area contributed by atoms with Crippen LogP contribution in [0.4, 0.5) is 9.93 Å². The van der Waals surface area contributed by atoms with Crippen LogP contribution in [-0.2, 0) is 22.4 Å². The third-order valence-corrected chi connectivity index (χ3v) is 7.25. The molecule has 4 rings (SSSR count). The van der Waals surface area contributed by atoms with Crippen LogP contribution in [0.15, 0.2) is 0 Å². The Morgan fingerprint density at radius 3 is 2.74 bits per heavy atom. The zero-order valence-electron chi connectivity index (χ0n) is 15.7. The van der Waals surface area contributed by atoms with Crippen LogP contribution in [0.5, 0.6) is 0 Å². The molecule has 0 bridgehead atoms. The molecule has 0 radical (unpaired) electrons. The molecule has 2 fully saturated rings. The maximum Gasteiger partial charge on any atom is 0.325 e. The number of hydrogen-bond acceptors (Lipinski definition) is 5. The third kappa shape index (κ3) is 3.47. The minimum Gasteiger partial charge on any atom is -0.323 e. The van der Waals surface area contributed by atoms with Crippen LogP contribution in [0, 0.1) is 5.92 Å². The molecule has 4 amide bonds. The summed E-state index contributed by atoms with van der Waals surface area (Å²) in [7, 11) is 0. The molecule has 1 aliphatic heterocycles. The molecular weight excluding hydrogens is 364 g/mol. The summed E-state index contributed by atoms with van der Waals surface area (Å²) < 4.78 is 0. The lowest BCUT2D eigenvalue weighted by Crippen LogP contribution is -2.49. The van der Waals surface area contributed by atoms with Gasteiger partial charge in [-0.2, -0.15) is 0 Å². The van der Waals surface area contributed by atoms with E-state index in [2.05, 4.69) is 22.5 Å². The maximum atomic E-state index is 12.9. The van der Waals surface area contributed by atoms with Gasteiger partial charge in [0.2, 0.25) is 5.91 Å². The normalized spacial score (nSPS) is 27.6. The van der Waals surface area contributed by atoms with Gasteiger partial charge < -0.3 is 10.6 Å². The first-order valence-electron chi connectivity index (χ1n) is 9.93. The number of aryl methyl sites for hydroxylation is 2. The molecule has 2 heterocycles. The summed E-state index contributed by atoms with van der Waals surface area (Å²) >= 11 is 1.50. The summed E-state index contributed by atoms with van der Waals surface area (Å²) in [5.74, 6) is -0.00635. The van der Waals surface area contributed by atoms with Crippen LogP contribution in [0.3, 0.4) is 0 Å². The fourth-order valence-corrected chi connectivity index (χ4v) is 5.51. The second-order valence-electron chi connectivity index (χ2n) is 7.90. The van der Waals surface area contributed by atoms with Crippen LogP contribution in [0.1, 0.15) is 62.4 Å². The van der Waals surface area contributed by atoms with Crippen LogP contribution < -0.4 is 10.6 Å². The maximum absolute atomic E-state index is 12.9. The van der Waals surface area contributed by atoms with Crippen LogP contribution in [-0.4, -0.2) is 39.8 Å². The number of amides is 4. The summed E-state index contributed by atoms with van der Waals surface area (Å²) in [5.41, 5.74) is 0.270. The van der Waals surface area contributed by atoms with E-state index < -0.39 is 11.6 Å². The third-order valence-electron chi connectivity index (χ3n) is 6.18. The van der Waals surface area contributed by atoms with Crippen molar-refractivity contribution in [2.45, 2.75) is 70.3 Å². The topological polar surface area (TPSA) is 91.4 Å². The van der Waals surface area contributed by atoms with Crippen molar-refractivity contribution < 1.29 is 14.4 Å². The first-order valence-corrected chi connectivity index (χ1v) is 10.7. The fourth-order valence-electron chi connectivity index (χ4n) is 4.45. The Morgan fingerprint density at radius 2 is 2.04 bits per heavy atom. The molecular formula is C19H26N4O3S. The van der Waals surface area contributed by atoms with E-state index in [4.69, 9.17) is 0 Å². The van der Waals surface area contributed by atoms with Crippen molar-refractivity contribution in [3.63, 3.8) is 0 Å². The summed E-state index contributed by atoms with van der Waals surface area (Å²) in [6.45, 7) is 1.90. The average molecular weight is 391 g/mol. The Balaban J connectivity index is 1.39. The number of anilines is 1. The zero-order chi connectivity index (χ0) is 19.0. The molecule has 0 atom stereocenters. The molecule has 1 saturated carbocycles. The van der Waals surface area contributed by atoms with Gasteiger partial charge in [0.1, 0.15) is 12.1 Å². The van der Waals surface area contributed by atoms with Gasteiger partial charge in [-0.25, -0.2) is 9.78 Å². The number of carbonyl (C=O) groups excluding carboxylic acids is 3. The highest BCUT2D eigenvalue weighted by Crippen LogP contribution is 2.37. The molecule has 1 saturated heterocycles. The van der Waals surface area contributed by atoms with Crippen molar-refractivity contribution in [2.24, 2.45) is 5.92 Å². The average Bonchev–Trinajstić information content (AvgIpc) is 3.16. The van der Waals surface area contributed by atoms with Gasteiger partial charge in [-0.3, -0.25) is 14.5 Å². The van der Waals surface area contributed by atoms with Gasteiger partial charge in [-0.05, 0) is 57.3 Å². The number of urea groups is 1. The lowest BCUT2D eigenvalue weighted by molar-refractivity contribution is -0.135. The Morgan fingerprint density at radius 1 is 1.30 bits per heavy atom. The van der Waals surface area contributed by atoms with E-state index in [0.717, 1.165) is 55.5 Å². The molecule has 146 valence electrons. The van der Waals surface area contributed by atoms with Gasteiger partial charge in [0.15, 0.2) is 5.13 Å². The van der Waals surface area contributed by atoms with Gasteiger partial charge in [-0.1, -0.05) is 13.3 Å². The van der Waals surface area contributed by atoms with E-state index in [1.54, 1.807) is 0 Å². The number of hydrogen-bond donors (Lipinski definition) is 2. The lowest BCUT2D eigenvalue weighted by atomic mass is 9.75. The Labute approximate surface area is 162 Å². The first-order chi connectivity index (χ1) is 13.0. The van der Waals surface area contributed by atoms with E-state index in [1.165, 1.54) is 16.2 Å². The monoisotopic (exact) mass is 390 g/mol. The second kappa shape index (κ2) is 7.22. The summed E-state index contributed by atoms with van der Waals surface area (Å²) in [5, 5.41) is 6.20. The van der Waals surface area contributed by atoms with Crippen molar-refractivity contribution in [1.82, 2.24) is 15.2 Å². The van der Waals surface area contributed by atoms with Crippen molar-refractivity contribution in [2.75, 3.05) is 11.9 Å². The number of rotatable bonds is 4. The molecule has 8 heteroatoms. The van der Waals surface area contributed by atoms with E-state index >= 15 is 0 Å². The molecule has 1 aromatic heterocycles. The van der Waals surface area contributed by atoms with Crippen LogP contribution >= 0.6 is 11.3 Å².